The number of rotatable bonds is 6. The molecule has 4 nitrogen and oxygen atoms in total. The number of nitrogens with zero attached hydrogens (tertiary/aromatic N) is 2. The second-order valence-corrected chi connectivity index (χ2v) is 6.49. The first-order chi connectivity index (χ1) is 9.74. The van der Waals surface area contributed by atoms with Gasteiger partial charge in [0.1, 0.15) is 0 Å². The molecule has 2 fully saturated rings. The highest BCUT2D eigenvalue weighted by atomic mass is 16.5. The van der Waals surface area contributed by atoms with Crippen molar-refractivity contribution in [3.05, 3.63) is 11.9 Å². The molecule has 112 valence electrons. The third-order valence-corrected chi connectivity index (χ3v) is 5.30. The number of nitrogens with one attached hydrogen (secondary N) is 1. The molecule has 1 aromatic heterocycles. The number of fused-ring (bicyclic) bond motifs is 2. The molecule has 1 heterocycles. The molecule has 2 bridgehead atoms. The van der Waals surface area contributed by atoms with Gasteiger partial charge in [-0.15, -0.1) is 0 Å². The lowest BCUT2D eigenvalue weighted by Gasteiger charge is -2.32. The Morgan fingerprint density at radius 2 is 2.30 bits per heavy atom. The Bertz CT molecular complexity index is 457. The van der Waals surface area contributed by atoms with Crippen LogP contribution in [0.4, 0.5) is 0 Å². The van der Waals surface area contributed by atoms with E-state index in [2.05, 4.69) is 17.3 Å². The summed E-state index contributed by atoms with van der Waals surface area (Å²) in [5.41, 5.74) is 1.23. The van der Waals surface area contributed by atoms with Gasteiger partial charge in [-0.25, -0.2) is 0 Å². The molecule has 0 aliphatic heterocycles. The minimum atomic E-state index is 0.396. The minimum Gasteiger partial charge on any atom is -0.493 e. The van der Waals surface area contributed by atoms with Gasteiger partial charge in [0.25, 0.3) is 0 Å². The molecule has 4 atom stereocenters. The highest BCUT2D eigenvalue weighted by Crippen LogP contribution is 2.53. The Labute approximate surface area is 121 Å². The van der Waals surface area contributed by atoms with Gasteiger partial charge >= 0.3 is 0 Å². The number of hydrogen-bond acceptors (Lipinski definition) is 3. The fourth-order valence-corrected chi connectivity index (χ4v) is 4.39. The molecular formula is C16H27N3O. The molecule has 1 aromatic rings. The molecule has 2 saturated carbocycles. The Balaban J connectivity index is 1.87. The lowest BCUT2D eigenvalue weighted by atomic mass is 9.81. The molecule has 0 saturated heterocycles. The van der Waals surface area contributed by atoms with Crippen LogP contribution in [0.1, 0.15) is 50.8 Å². The van der Waals surface area contributed by atoms with Crippen LogP contribution in [0.2, 0.25) is 0 Å². The molecule has 20 heavy (non-hydrogen) atoms. The normalized spacial score (nSPS) is 29.9. The third kappa shape index (κ3) is 2.34. The van der Waals surface area contributed by atoms with E-state index in [1.807, 2.05) is 17.9 Å². The summed E-state index contributed by atoms with van der Waals surface area (Å²) in [5.74, 6) is 3.55. The maximum Gasteiger partial charge on any atom is 0.161 e. The van der Waals surface area contributed by atoms with Gasteiger partial charge in [0, 0.05) is 7.05 Å². The Kier molecular flexibility index (Phi) is 4.01. The molecule has 0 amide bonds. The van der Waals surface area contributed by atoms with Gasteiger partial charge in [0.05, 0.1) is 25.0 Å². The molecule has 2 aliphatic carbocycles. The summed E-state index contributed by atoms with van der Waals surface area (Å²) < 4.78 is 7.54. The Morgan fingerprint density at radius 1 is 1.45 bits per heavy atom. The average molecular weight is 277 g/mol. The number of hydrogen-bond donors (Lipinski definition) is 1. The van der Waals surface area contributed by atoms with E-state index >= 15 is 0 Å². The summed E-state index contributed by atoms with van der Waals surface area (Å²) >= 11 is 0. The fraction of sp³-hybridized carbons (Fsp3) is 0.812. The van der Waals surface area contributed by atoms with Crippen molar-refractivity contribution in [2.24, 2.45) is 24.8 Å². The van der Waals surface area contributed by atoms with Crippen LogP contribution < -0.4 is 10.1 Å². The Hall–Kier alpha value is -1.03. The first-order valence-corrected chi connectivity index (χ1v) is 8.03. The number of aromatic nitrogens is 2. The molecule has 2 aliphatic rings. The van der Waals surface area contributed by atoms with Crippen LogP contribution in [0.5, 0.6) is 5.75 Å². The van der Waals surface area contributed by atoms with E-state index in [4.69, 9.17) is 4.74 Å². The molecule has 4 heteroatoms. The molecule has 0 radical (unpaired) electrons. The smallest absolute Gasteiger partial charge is 0.161 e. The fourth-order valence-electron chi connectivity index (χ4n) is 4.39. The van der Waals surface area contributed by atoms with E-state index in [-0.39, 0.29) is 0 Å². The highest BCUT2D eigenvalue weighted by Gasteiger charge is 2.44. The predicted molar refractivity (Wildman–Crippen MR) is 79.7 cm³/mol. The van der Waals surface area contributed by atoms with E-state index in [9.17, 15) is 0 Å². The van der Waals surface area contributed by atoms with Crippen LogP contribution >= 0.6 is 0 Å². The van der Waals surface area contributed by atoms with E-state index < -0.39 is 0 Å². The summed E-state index contributed by atoms with van der Waals surface area (Å²) in [5, 5.41) is 8.17. The van der Waals surface area contributed by atoms with E-state index in [1.165, 1.54) is 31.4 Å². The SMILES string of the molecule is CCCNC(c1c(OC)cnn1C)C1CC2CCC1C2. The first-order valence-electron chi connectivity index (χ1n) is 8.03. The molecular weight excluding hydrogens is 250 g/mol. The maximum atomic E-state index is 5.54. The summed E-state index contributed by atoms with van der Waals surface area (Å²) in [6.45, 7) is 3.29. The lowest BCUT2D eigenvalue weighted by Crippen LogP contribution is -2.33. The average Bonchev–Trinajstić information content (AvgIpc) is 3.15. The third-order valence-electron chi connectivity index (χ3n) is 5.30. The van der Waals surface area contributed by atoms with E-state index in [1.54, 1.807) is 7.11 Å². The zero-order chi connectivity index (χ0) is 14.1. The Morgan fingerprint density at radius 3 is 2.90 bits per heavy atom. The number of aryl methyl sites for hydroxylation is 1. The van der Waals surface area contributed by atoms with Gasteiger partial charge in [0.2, 0.25) is 0 Å². The predicted octanol–water partition coefficient (Wildman–Crippen LogP) is 2.91. The summed E-state index contributed by atoms with van der Waals surface area (Å²) in [6.07, 6.45) is 8.69. The van der Waals surface area contributed by atoms with Crippen LogP contribution in [0.3, 0.4) is 0 Å². The zero-order valence-corrected chi connectivity index (χ0v) is 12.9. The first kappa shape index (κ1) is 13.9. The van der Waals surface area contributed by atoms with Gasteiger partial charge in [-0.3, -0.25) is 4.68 Å². The second kappa shape index (κ2) is 5.76. The summed E-state index contributed by atoms with van der Waals surface area (Å²) in [6, 6.07) is 0.396. The van der Waals surface area contributed by atoms with Crippen molar-refractivity contribution < 1.29 is 4.74 Å². The van der Waals surface area contributed by atoms with Gasteiger partial charge < -0.3 is 10.1 Å². The van der Waals surface area contributed by atoms with Crippen LogP contribution in [-0.2, 0) is 7.05 Å². The van der Waals surface area contributed by atoms with Crippen molar-refractivity contribution in [1.82, 2.24) is 15.1 Å². The summed E-state index contributed by atoms with van der Waals surface area (Å²) in [7, 11) is 3.78. The molecule has 4 unspecified atom stereocenters. The topological polar surface area (TPSA) is 39.1 Å². The molecule has 0 spiro atoms. The van der Waals surface area contributed by atoms with Crippen LogP contribution in [0.15, 0.2) is 6.20 Å². The molecule has 3 rings (SSSR count). The standard InChI is InChI=1S/C16H27N3O/c1-4-7-17-15(13-9-11-5-6-12(13)8-11)16-14(20-3)10-18-19(16)2/h10-13,15,17H,4-9H2,1-3H3. The monoisotopic (exact) mass is 277 g/mol. The van der Waals surface area contributed by atoms with Crippen LogP contribution in [-0.4, -0.2) is 23.4 Å². The van der Waals surface area contributed by atoms with Crippen LogP contribution in [0, 0.1) is 17.8 Å². The van der Waals surface area contributed by atoms with Crippen molar-refractivity contribution in [3.8, 4) is 5.75 Å². The van der Waals surface area contributed by atoms with Crippen molar-refractivity contribution >= 4 is 0 Å². The molecule has 1 N–H and O–H groups in total. The van der Waals surface area contributed by atoms with Gasteiger partial charge in [-0.2, -0.15) is 5.10 Å². The quantitative estimate of drug-likeness (QED) is 0.869. The van der Waals surface area contributed by atoms with E-state index in [0.29, 0.717) is 6.04 Å². The van der Waals surface area contributed by atoms with Gasteiger partial charge in [-0.05, 0) is 50.0 Å². The number of ether oxygens (including phenoxy) is 1. The van der Waals surface area contributed by atoms with Gasteiger partial charge in [-0.1, -0.05) is 13.3 Å². The minimum absolute atomic E-state index is 0.396. The van der Waals surface area contributed by atoms with Crippen molar-refractivity contribution in [1.29, 1.82) is 0 Å². The largest absolute Gasteiger partial charge is 0.493 e. The van der Waals surface area contributed by atoms with E-state index in [0.717, 1.165) is 36.5 Å². The number of methoxy groups -OCH3 is 1. The summed E-state index contributed by atoms with van der Waals surface area (Å²) in [4.78, 5) is 0. The molecule has 0 aromatic carbocycles. The van der Waals surface area contributed by atoms with Crippen molar-refractivity contribution in [2.75, 3.05) is 13.7 Å². The second-order valence-electron chi connectivity index (χ2n) is 6.49. The lowest BCUT2D eigenvalue weighted by molar-refractivity contribution is 0.238. The van der Waals surface area contributed by atoms with Crippen LogP contribution in [0.25, 0.3) is 0 Å². The van der Waals surface area contributed by atoms with Crippen molar-refractivity contribution in [3.63, 3.8) is 0 Å². The highest BCUT2D eigenvalue weighted by molar-refractivity contribution is 5.29. The maximum absolute atomic E-state index is 5.54. The van der Waals surface area contributed by atoms with Crippen molar-refractivity contribution in [2.45, 2.75) is 45.1 Å². The van der Waals surface area contributed by atoms with Gasteiger partial charge in [0.15, 0.2) is 5.75 Å². The zero-order valence-electron chi connectivity index (χ0n) is 12.9.